The van der Waals surface area contributed by atoms with E-state index in [9.17, 15) is 0 Å². The second kappa shape index (κ2) is 5.34. The lowest BCUT2D eigenvalue weighted by Crippen LogP contribution is -2.48. The van der Waals surface area contributed by atoms with Gasteiger partial charge in [0.25, 0.3) is 0 Å². The number of fused-ring (bicyclic) bond motifs is 1. The average molecular weight is 289 g/mol. The number of likely N-dealkylation sites (tertiary alicyclic amines) is 1. The molecule has 0 bridgehead atoms. The van der Waals surface area contributed by atoms with Gasteiger partial charge in [0, 0.05) is 24.3 Å². The third-order valence-corrected chi connectivity index (χ3v) is 5.39. The molecule has 0 aliphatic carbocycles. The van der Waals surface area contributed by atoms with Gasteiger partial charge >= 0.3 is 0 Å². The fourth-order valence-corrected chi connectivity index (χ4v) is 3.95. The second-order valence-electron chi connectivity index (χ2n) is 6.17. The van der Waals surface area contributed by atoms with Gasteiger partial charge in [-0.1, -0.05) is 6.92 Å². The number of anilines is 1. The molecule has 0 spiro atoms. The summed E-state index contributed by atoms with van der Waals surface area (Å²) in [5.74, 6) is 0.676. The van der Waals surface area contributed by atoms with Crippen LogP contribution >= 0.6 is 11.3 Å². The van der Waals surface area contributed by atoms with Crippen LogP contribution in [0.4, 0.5) is 5.69 Å². The average Bonchev–Trinajstić information content (AvgIpc) is 2.75. The van der Waals surface area contributed by atoms with Gasteiger partial charge in [-0.3, -0.25) is 0 Å². The van der Waals surface area contributed by atoms with Crippen molar-refractivity contribution in [2.45, 2.75) is 39.3 Å². The summed E-state index contributed by atoms with van der Waals surface area (Å²) in [5, 5.41) is 4.87. The van der Waals surface area contributed by atoms with Crippen LogP contribution in [0.5, 0.6) is 0 Å². The second-order valence-corrected chi connectivity index (χ2v) is 7.40. The fraction of sp³-hybridized carbons (Fsp3) is 0.562. The van der Waals surface area contributed by atoms with Crippen LogP contribution in [0.1, 0.15) is 25.3 Å². The smallest absolute Gasteiger partial charge is 0.0907 e. The van der Waals surface area contributed by atoms with E-state index in [0.717, 1.165) is 10.5 Å². The van der Waals surface area contributed by atoms with Crippen molar-refractivity contribution in [2.24, 2.45) is 5.92 Å². The van der Waals surface area contributed by atoms with Crippen molar-refractivity contribution in [1.29, 1.82) is 0 Å². The fourth-order valence-electron chi connectivity index (χ4n) is 3.09. The van der Waals surface area contributed by atoms with Gasteiger partial charge in [-0.05, 0) is 51.4 Å². The summed E-state index contributed by atoms with van der Waals surface area (Å²) in [6.45, 7) is 7.89. The third-order valence-electron chi connectivity index (χ3n) is 4.46. The number of benzene rings is 1. The van der Waals surface area contributed by atoms with E-state index >= 15 is 0 Å². The van der Waals surface area contributed by atoms with E-state index in [-0.39, 0.29) is 0 Å². The Morgan fingerprint density at radius 1 is 1.35 bits per heavy atom. The van der Waals surface area contributed by atoms with Crippen molar-refractivity contribution >= 4 is 27.2 Å². The van der Waals surface area contributed by atoms with Gasteiger partial charge in [-0.2, -0.15) is 0 Å². The number of aryl methyl sites for hydroxylation is 1. The van der Waals surface area contributed by atoms with Crippen LogP contribution in [0.25, 0.3) is 10.2 Å². The Morgan fingerprint density at radius 3 is 2.95 bits per heavy atom. The molecule has 20 heavy (non-hydrogen) atoms. The van der Waals surface area contributed by atoms with Crippen LogP contribution in [-0.4, -0.2) is 35.6 Å². The van der Waals surface area contributed by atoms with E-state index in [2.05, 4.69) is 61.2 Å². The van der Waals surface area contributed by atoms with Crippen LogP contribution in [0.2, 0.25) is 0 Å². The highest BCUT2D eigenvalue weighted by atomic mass is 32.1. The Bertz CT molecular complexity index is 607. The lowest BCUT2D eigenvalue weighted by Gasteiger charge is -2.40. The minimum absolute atomic E-state index is 0.563. The molecule has 1 saturated heterocycles. The van der Waals surface area contributed by atoms with E-state index in [1.54, 1.807) is 11.3 Å². The van der Waals surface area contributed by atoms with Crippen LogP contribution in [0.15, 0.2) is 18.2 Å². The van der Waals surface area contributed by atoms with Crippen molar-refractivity contribution in [2.75, 3.05) is 18.9 Å². The van der Waals surface area contributed by atoms with Crippen LogP contribution in [-0.2, 0) is 0 Å². The van der Waals surface area contributed by atoms with Gasteiger partial charge < -0.3 is 10.2 Å². The molecule has 1 aromatic heterocycles. The zero-order valence-electron chi connectivity index (χ0n) is 12.7. The topological polar surface area (TPSA) is 28.2 Å². The molecule has 108 valence electrons. The first kappa shape index (κ1) is 13.8. The number of aromatic nitrogens is 1. The van der Waals surface area contributed by atoms with Crippen molar-refractivity contribution in [3.05, 3.63) is 23.2 Å². The molecule has 0 radical (unpaired) electrons. The summed E-state index contributed by atoms with van der Waals surface area (Å²) in [6.07, 6.45) is 1.21. The summed E-state index contributed by atoms with van der Waals surface area (Å²) in [7, 11) is 2.23. The first-order valence-corrected chi connectivity index (χ1v) is 8.18. The molecule has 1 aliphatic rings. The number of thiazole rings is 1. The van der Waals surface area contributed by atoms with Gasteiger partial charge in [0.15, 0.2) is 0 Å². The molecular weight excluding hydrogens is 266 g/mol. The summed E-state index contributed by atoms with van der Waals surface area (Å²) >= 11 is 1.77. The molecule has 1 aromatic carbocycles. The summed E-state index contributed by atoms with van der Waals surface area (Å²) in [4.78, 5) is 6.98. The molecule has 2 heterocycles. The highest BCUT2D eigenvalue weighted by Gasteiger charge is 2.28. The minimum atomic E-state index is 0.563. The largest absolute Gasteiger partial charge is 0.382 e. The van der Waals surface area contributed by atoms with Crippen LogP contribution in [0.3, 0.4) is 0 Å². The predicted molar refractivity (Wildman–Crippen MR) is 87.6 cm³/mol. The molecule has 1 N–H and O–H groups in total. The summed E-state index contributed by atoms with van der Waals surface area (Å²) in [5.41, 5.74) is 2.34. The first-order chi connectivity index (χ1) is 9.52. The van der Waals surface area contributed by atoms with Crippen LogP contribution in [0, 0.1) is 12.8 Å². The van der Waals surface area contributed by atoms with Crippen molar-refractivity contribution in [1.82, 2.24) is 9.88 Å². The predicted octanol–water partition coefficient (Wildman–Crippen LogP) is 3.75. The quantitative estimate of drug-likeness (QED) is 0.912. The molecule has 3 rings (SSSR count). The maximum Gasteiger partial charge on any atom is 0.0907 e. The third kappa shape index (κ3) is 2.67. The zero-order valence-corrected chi connectivity index (χ0v) is 13.5. The number of hydrogen-bond donors (Lipinski definition) is 1. The Hall–Kier alpha value is -1.13. The first-order valence-electron chi connectivity index (χ1n) is 7.37. The molecule has 3 atom stereocenters. The minimum Gasteiger partial charge on any atom is -0.382 e. The van der Waals surface area contributed by atoms with Crippen LogP contribution < -0.4 is 5.32 Å². The van der Waals surface area contributed by atoms with E-state index in [4.69, 9.17) is 0 Å². The zero-order chi connectivity index (χ0) is 14.3. The molecule has 0 saturated carbocycles. The van der Waals surface area contributed by atoms with Gasteiger partial charge in [-0.25, -0.2) is 4.98 Å². The van der Waals surface area contributed by atoms with Gasteiger partial charge in [-0.15, -0.1) is 11.3 Å². The number of piperidine rings is 1. The maximum atomic E-state index is 4.52. The number of nitrogens with zero attached hydrogens (tertiary/aromatic N) is 2. The molecule has 4 heteroatoms. The molecule has 3 unspecified atom stereocenters. The van der Waals surface area contributed by atoms with Crippen molar-refractivity contribution in [3.63, 3.8) is 0 Å². The van der Waals surface area contributed by atoms with Gasteiger partial charge in [0.05, 0.1) is 15.2 Å². The standard InChI is InChI=1S/C16H23N3S/c1-10-9-19(4)11(2)7-15(10)18-13-5-6-14-16(8-13)20-12(3)17-14/h5-6,8,10-11,15,18H,7,9H2,1-4H3. The highest BCUT2D eigenvalue weighted by molar-refractivity contribution is 7.18. The Kier molecular flexibility index (Phi) is 3.69. The number of nitrogens with one attached hydrogen (secondary N) is 1. The highest BCUT2D eigenvalue weighted by Crippen LogP contribution is 2.28. The molecule has 1 aliphatic heterocycles. The normalized spacial score (nSPS) is 27.9. The lowest BCUT2D eigenvalue weighted by atomic mass is 9.89. The monoisotopic (exact) mass is 289 g/mol. The molecule has 3 nitrogen and oxygen atoms in total. The van der Waals surface area contributed by atoms with E-state index in [1.165, 1.54) is 23.4 Å². The Balaban J connectivity index is 1.78. The summed E-state index contributed by atoms with van der Waals surface area (Å²) in [6, 6.07) is 7.75. The maximum absolute atomic E-state index is 4.52. The molecule has 0 amide bonds. The molecular formula is C16H23N3S. The number of rotatable bonds is 2. The SMILES string of the molecule is Cc1nc2ccc(NC3CC(C)N(C)CC3C)cc2s1. The van der Waals surface area contributed by atoms with Crippen molar-refractivity contribution < 1.29 is 0 Å². The Morgan fingerprint density at radius 2 is 2.15 bits per heavy atom. The van der Waals surface area contributed by atoms with Gasteiger partial charge in [0.1, 0.15) is 0 Å². The Labute approximate surface area is 125 Å². The van der Waals surface area contributed by atoms with Gasteiger partial charge in [0.2, 0.25) is 0 Å². The number of hydrogen-bond acceptors (Lipinski definition) is 4. The lowest BCUT2D eigenvalue weighted by molar-refractivity contribution is 0.145. The van der Waals surface area contributed by atoms with E-state index < -0.39 is 0 Å². The van der Waals surface area contributed by atoms with Crippen molar-refractivity contribution in [3.8, 4) is 0 Å². The van der Waals surface area contributed by atoms with E-state index in [0.29, 0.717) is 18.0 Å². The van der Waals surface area contributed by atoms with E-state index in [1.807, 2.05) is 0 Å². The molecule has 2 aromatic rings. The molecule has 1 fully saturated rings. The summed E-state index contributed by atoms with van der Waals surface area (Å²) < 4.78 is 1.28.